The molecule has 2 aromatic carbocycles. The zero-order valence-corrected chi connectivity index (χ0v) is 20.4. The molecule has 0 N–H and O–H groups in total. The Balaban J connectivity index is 1.63. The van der Waals surface area contributed by atoms with Crippen LogP contribution in [0.5, 0.6) is 11.5 Å². The first-order valence-electron chi connectivity index (χ1n) is 9.04. The van der Waals surface area contributed by atoms with Crippen molar-refractivity contribution < 1.29 is 23.5 Å². The Labute approximate surface area is 205 Å². The molecular formula is C22H13BrFNO4S3. The van der Waals surface area contributed by atoms with E-state index in [0.29, 0.717) is 35.6 Å². The van der Waals surface area contributed by atoms with E-state index < -0.39 is 11.8 Å². The molecule has 1 amide bonds. The lowest BCUT2D eigenvalue weighted by Crippen LogP contribution is -2.27. The number of halogens is 2. The summed E-state index contributed by atoms with van der Waals surface area (Å²) < 4.78 is 25.3. The minimum absolute atomic E-state index is 0.232. The van der Waals surface area contributed by atoms with Crippen molar-refractivity contribution in [2.45, 2.75) is 0 Å². The molecule has 1 fully saturated rings. The van der Waals surface area contributed by atoms with E-state index in [4.69, 9.17) is 21.7 Å². The highest BCUT2D eigenvalue weighted by Gasteiger charge is 2.33. The van der Waals surface area contributed by atoms with Crippen LogP contribution in [-0.4, -0.2) is 23.3 Å². The Hall–Kier alpha value is -2.53. The molecule has 0 aliphatic carbocycles. The van der Waals surface area contributed by atoms with E-state index >= 15 is 0 Å². The number of esters is 1. The fourth-order valence-corrected chi connectivity index (χ4v) is 5.36. The van der Waals surface area contributed by atoms with Crippen LogP contribution in [0.25, 0.3) is 6.08 Å². The van der Waals surface area contributed by atoms with Crippen molar-refractivity contribution in [2.24, 2.45) is 0 Å². The average Bonchev–Trinajstić information content (AvgIpc) is 3.38. The van der Waals surface area contributed by atoms with E-state index in [-0.39, 0.29) is 11.7 Å². The zero-order valence-electron chi connectivity index (χ0n) is 16.3. The highest BCUT2D eigenvalue weighted by molar-refractivity contribution is 9.10. The van der Waals surface area contributed by atoms with Gasteiger partial charge in [0.05, 0.1) is 22.2 Å². The highest BCUT2D eigenvalue weighted by Crippen LogP contribution is 2.40. The zero-order chi connectivity index (χ0) is 22.8. The summed E-state index contributed by atoms with van der Waals surface area (Å²) in [4.78, 5) is 27.4. The summed E-state index contributed by atoms with van der Waals surface area (Å²) in [6, 6.07) is 12.5. The SMILES string of the molecule is COc1cc(/C=C2/SC(=S)N(c3cccc(F)c3)C2=O)cc(Br)c1OC(=O)c1cccs1. The number of nitrogens with zero attached hydrogens (tertiary/aromatic N) is 1. The summed E-state index contributed by atoms with van der Waals surface area (Å²) in [6.07, 6.45) is 1.65. The lowest BCUT2D eigenvalue weighted by molar-refractivity contribution is -0.113. The monoisotopic (exact) mass is 549 g/mol. The fourth-order valence-electron chi connectivity index (χ4n) is 2.92. The Bertz CT molecular complexity index is 1260. The van der Waals surface area contributed by atoms with E-state index in [2.05, 4.69) is 15.9 Å². The topological polar surface area (TPSA) is 55.8 Å². The molecule has 10 heteroatoms. The fraction of sp³-hybridized carbons (Fsp3) is 0.0455. The molecule has 162 valence electrons. The molecule has 1 aromatic heterocycles. The predicted molar refractivity (Wildman–Crippen MR) is 132 cm³/mol. The average molecular weight is 550 g/mol. The number of thiocarbonyl (C=S) groups is 1. The van der Waals surface area contributed by atoms with Gasteiger partial charge in [-0.1, -0.05) is 36.1 Å². The van der Waals surface area contributed by atoms with Crippen LogP contribution in [0, 0.1) is 5.82 Å². The van der Waals surface area contributed by atoms with Gasteiger partial charge < -0.3 is 9.47 Å². The summed E-state index contributed by atoms with van der Waals surface area (Å²) in [7, 11) is 1.46. The first kappa shape index (κ1) is 22.7. The lowest BCUT2D eigenvalue weighted by atomic mass is 10.1. The van der Waals surface area contributed by atoms with Crippen LogP contribution in [-0.2, 0) is 4.79 Å². The number of ether oxygens (including phenoxy) is 2. The number of carbonyl (C=O) groups excluding carboxylic acids is 2. The van der Waals surface area contributed by atoms with Gasteiger partial charge in [-0.15, -0.1) is 11.3 Å². The molecule has 2 heterocycles. The van der Waals surface area contributed by atoms with Gasteiger partial charge in [0.25, 0.3) is 5.91 Å². The molecule has 1 aliphatic heterocycles. The van der Waals surface area contributed by atoms with Crippen LogP contribution in [0.1, 0.15) is 15.2 Å². The van der Waals surface area contributed by atoms with Gasteiger partial charge in [0, 0.05) is 0 Å². The van der Waals surface area contributed by atoms with Gasteiger partial charge in [-0.2, -0.15) is 0 Å². The largest absolute Gasteiger partial charge is 0.493 e. The van der Waals surface area contributed by atoms with Crippen molar-refractivity contribution in [2.75, 3.05) is 12.0 Å². The molecule has 0 bridgehead atoms. The van der Waals surface area contributed by atoms with Gasteiger partial charge in [-0.05, 0) is 69.3 Å². The maximum Gasteiger partial charge on any atom is 0.353 e. The molecule has 1 saturated heterocycles. The van der Waals surface area contributed by atoms with Crippen LogP contribution >= 0.6 is 51.2 Å². The number of benzene rings is 2. The number of rotatable bonds is 5. The molecule has 32 heavy (non-hydrogen) atoms. The van der Waals surface area contributed by atoms with E-state index in [1.165, 1.54) is 41.5 Å². The van der Waals surface area contributed by atoms with Gasteiger partial charge in [-0.25, -0.2) is 9.18 Å². The number of methoxy groups -OCH3 is 1. The van der Waals surface area contributed by atoms with E-state index in [1.807, 2.05) is 0 Å². The van der Waals surface area contributed by atoms with Crippen molar-refractivity contribution in [3.05, 3.63) is 79.5 Å². The van der Waals surface area contributed by atoms with Crippen LogP contribution in [0.2, 0.25) is 0 Å². The highest BCUT2D eigenvalue weighted by atomic mass is 79.9. The Morgan fingerprint density at radius 2 is 2.03 bits per heavy atom. The summed E-state index contributed by atoms with van der Waals surface area (Å²) in [5.41, 5.74) is 0.995. The minimum atomic E-state index is -0.497. The second-order valence-electron chi connectivity index (χ2n) is 6.40. The number of hydrogen-bond donors (Lipinski definition) is 0. The number of amides is 1. The second-order valence-corrected chi connectivity index (χ2v) is 9.88. The Morgan fingerprint density at radius 3 is 2.72 bits per heavy atom. The minimum Gasteiger partial charge on any atom is -0.493 e. The van der Waals surface area contributed by atoms with Crippen molar-refractivity contribution in [3.8, 4) is 11.5 Å². The normalized spacial score (nSPS) is 14.8. The number of anilines is 1. The number of thioether (sulfide) groups is 1. The van der Waals surface area contributed by atoms with Crippen molar-refractivity contribution in [3.63, 3.8) is 0 Å². The maximum absolute atomic E-state index is 13.6. The van der Waals surface area contributed by atoms with E-state index in [1.54, 1.807) is 41.8 Å². The quantitative estimate of drug-likeness (QED) is 0.161. The summed E-state index contributed by atoms with van der Waals surface area (Å²) in [5.74, 6) is -0.759. The van der Waals surface area contributed by atoms with Gasteiger partial charge in [-0.3, -0.25) is 9.69 Å². The molecule has 0 unspecified atom stereocenters. The van der Waals surface area contributed by atoms with Crippen molar-refractivity contribution in [1.29, 1.82) is 0 Å². The van der Waals surface area contributed by atoms with Crippen LogP contribution in [0.3, 0.4) is 0 Å². The molecule has 1 aliphatic rings. The third-order valence-corrected chi connectivity index (χ3v) is 7.07. The standard InChI is InChI=1S/C22H13BrFNO4S3/c1-28-16-9-12(8-15(23)19(16)29-21(27)17-6-3-7-31-17)10-18-20(26)25(22(30)32-18)14-5-2-4-13(24)11-14/h2-11H,1H3/b18-10+. The van der Waals surface area contributed by atoms with Crippen molar-refractivity contribution >= 4 is 79.2 Å². The summed E-state index contributed by atoms with van der Waals surface area (Å²) in [6.45, 7) is 0. The molecule has 3 aromatic rings. The molecule has 0 atom stereocenters. The van der Waals surface area contributed by atoms with Gasteiger partial charge in [0.15, 0.2) is 15.8 Å². The van der Waals surface area contributed by atoms with Gasteiger partial charge in [0.1, 0.15) is 10.7 Å². The van der Waals surface area contributed by atoms with Crippen LogP contribution < -0.4 is 14.4 Å². The first-order chi connectivity index (χ1) is 15.4. The smallest absolute Gasteiger partial charge is 0.353 e. The number of carbonyl (C=O) groups is 2. The maximum atomic E-state index is 13.6. The molecular weight excluding hydrogens is 537 g/mol. The number of hydrogen-bond acceptors (Lipinski definition) is 7. The number of thiophene rings is 1. The van der Waals surface area contributed by atoms with Crippen molar-refractivity contribution in [1.82, 2.24) is 0 Å². The molecule has 5 nitrogen and oxygen atoms in total. The first-order valence-corrected chi connectivity index (χ1v) is 11.9. The Morgan fingerprint density at radius 1 is 1.22 bits per heavy atom. The third-order valence-electron chi connectivity index (χ3n) is 4.33. The second kappa shape index (κ2) is 9.53. The summed E-state index contributed by atoms with van der Waals surface area (Å²) >= 11 is 11.1. The molecule has 0 spiro atoms. The van der Waals surface area contributed by atoms with Crippen LogP contribution in [0.15, 0.2) is 63.3 Å². The molecule has 4 rings (SSSR count). The predicted octanol–water partition coefficient (Wildman–Crippen LogP) is 6.28. The lowest BCUT2D eigenvalue weighted by Gasteiger charge is -2.14. The third kappa shape index (κ3) is 4.63. The van der Waals surface area contributed by atoms with Gasteiger partial charge >= 0.3 is 5.97 Å². The van der Waals surface area contributed by atoms with E-state index in [9.17, 15) is 14.0 Å². The van der Waals surface area contributed by atoms with Crippen LogP contribution in [0.4, 0.5) is 10.1 Å². The Kier molecular flexibility index (Phi) is 6.75. The molecule has 0 radical (unpaired) electrons. The van der Waals surface area contributed by atoms with E-state index in [0.717, 1.165) is 11.8 Å². The summed E-state index contributed by atoms with van der Waals surface area (Å²) in [5, 5.41) is 1.78. The molecule has 0 saturated carbocycles. The van der Waals surface area contributed by atoms with Gasteiger partial charge in [0.2, 0.25) is 0 Å².